The van der Waals surface area contributed by atoms with Crippen molar-refractivity contribution in [2.75, 3.05) is 45.9 Å². The van der Waals surface area contributed by atoms with Crippen LogP contribution in [-0.4, -0.2) is 87.8 Å². The summed E-state index contributed by atoms with van der Waals surface area (Å²) < 4.78 is 7.23. The summed E-state index contributed by atoms with van der Waals surface area (Å²) in [6.45, 7) is 6.85. The van der Waals surface area contributed by atoms with E-state index in [4.69, 9.17) is 4.74 Å². The van der Waals surface area contributed by atoms with E-state index in [9.17, 15) is 5.11 Å². The van der Waals surface area contributed by atoms with Crippen LogP contribution in [0.15, 0.2) is 12.7 Å². The molecule has 7 nitrogen and oxygen atoms in total. The zero-order chi connectivity index (χ0) is 14.5. The van der Waals surface area contributed by atoms with Gasteiger partial charge in [0.2, 0.25) is 0 Å². The van der Waals surface area contributed by atoms with Gasteiger partial charge in [-0.25, -0.2) is 4.98 Å². The van der Waals surface area contributed by atoms with Gasteiger partial charge in [0.05, 0.1) is 25.9 Å². The Bertz CT molecular complexity index is 408. The summed E-state index contributed by atoms with van der Waals surface area (Å²) in [7, 11) is 0. The van der Waals surface area contributed by atoms with Gasteiger partial charge in [-0.1, -0.05) is 0 Å². The first-order valence-electron chi connectivity index (χ1n) is 7.86. The third kappa shape index (κ3) is 4.23. The fourth-order valence-electron chi connectivity index (χ4n) is 3.30. The van der Waals surface area contributed by atoms with Gasteiger partial charge in [-0.05, 0) is 19.4 Å². The second-order valence-corrected chi connectivity index (χ2v) is 5.98. The average Bonchev–Trinajstić information content (AvgIpc) is 3.13. The van der Waals surface area contributed by atoms with E-state index in [0.717, 1.165) is 52.5 Å². The largest absolute Gasteiger partial charge is 0.390 e. The van der Waals surface area contributed by atoms with Crippen LogP contribution < -0.4 is 0 Å². The molecule has 0 aromatic carbocycles. The zero-order valence-electron chi connectivity index (χ0n) is 12.5. The normalized spacial score (nSPS) is 26.2. The van der Waals surface area contributed by atoms with Crippen LogP contribution in [0.1, 0.15) is 12.8 Å². The number of β-amino-alcohol motifs (C(OH)–C–C–N with tert-alkyl or cyclic N) is 1. The topological polar surface area (TPSA) is 66.7 Å². The summed E-state index contributed by atoms with van der Waals surface area (Å²) in [5.41, 5.74) is 0. The molecule has 1 aromatic heterocycles. The SMILES string of the molecule is O[C@@H](CN1CCOCC1)CN1CCC[C@H]1Cn1cncn1. The molecule has 0 saturated carbocycles. The third-order valence-corrected chi connectivity index (χ3v) is 4.38. The first-order chi connectivity index (χ1) is 10.3. The Morgan fingerprint density at radius 2 is 2.10 bits per heavy atom. The fraction of sp³-hybridized carbons (Fsp3) is 0.857. The molecule has 2 saturated heterocycles. The van der Waals surface area contributed by atoms with Crippen LogP contribution >= 0.6 is 0 Å². The molecule has 2 fully saturated rings. The Balaban J connectivity index is 1.46. The number of ether oxygens (including phenoxy) is 1. The molecule has 21 heavy (non-hydrogen) atoms. The molecule has 0 radical (unpaired) electrons. The van der Waals surface area contributed by atoms with E-state index in [1.807, 2.05) is 4.68 Å². The Labute approximate surface area is 125 Å². The zero-order valence-corrected chi connectivity index (χ0v) is 12.5. The number of hydrogen-bond donors (Lipinski definition) is 1. The van der Waals surface area contributed by atoms with E-state index in [-0.39, 0.29) is 6.10 Å². The Morgan fingerprint density at radius 1 is 1.24 bits per heavy atom. The average molecular weight is 295 g/mol. The van der Waals surface area contributed by atoms with Crippen LogP contribution in [0, 0.1) is 0 Å². The summed E-state index contributed by atoms with van der Waals surface area (Å²) in [5, 5.41) is 14.5. The summed E-state index contributed by atoms with van der Waals surface area (Å²) >= 11 is 0. The van der Waals surface area contributed by atoms with Gasteiger partial charge in [-0.15, -0.1) is 0 Å². The van der Waals surface area contributed by atoms with Crippen molar-refractivity contribution in [3.05, 3.63) is 12.7 Å². The van der Waals surface area contributed by atoms with Crippen LogP contribution in [0.3, 0.4) is 0 Å². The Morgan fingerprint density at radius 3 is 2.86 bits per heavy atom. The number of morpholine rings is 1. The van der Waals surface area contributed by atoms with E-state index in [0.29, 0.717) is 6.04 Å². The van der Waals surface area contributed by atoms with Crippen molar-refractivity contribution in [3.8, 4) is 0 Å². The van der Waals surface area contributed by atoms with Crippen molar-refractivity contribution in [2.24, 2.45) is 0 Å². The molecular formula is C14H25N5O2. The van der Waals surface area contributed by atoms with E-state index in [2.05, 4.69) is 19.9 Å². The molecule has 3 rings (SSSR count). The molecule has 1 N–H and O–H groups in total. The number of nitrogens with zero attached hydrogens (tertiary/aromatic N) is 5. The molecule has 3 heterocycles. The number of aliphatic hydroxyl groups excluding tert-OH is 1. The molecule has 7 heteroatoms. The van der Waals surface area contributed by atoms with Crippen LogP contribution in [0.4, 0.5) is 0 Å². The fourth-order valence-corrected chi connectivity index (χ4v) is 3.30. The van der Waals surface area contributed by atoms with Crippen molar-refractivity contribution >= 4 is 0 Å². The summed E-state index contributed by atoms with van der Waals surface area (Å²) in [6.07, 6.45) is 5.42. The molecule has 118 valence electrons. The predicted molar refractivity (Wildman–Crippen MR) is 77.9 cm³/mol. The lowest BCUT2D eigenvalue weighted by atomic mass is 10.2. The standard InChI is InChI=1S/C14H25N5O2/c20-14(9-17-4-6-21-7-5-17)10-18-3-1-2-13(18)8-19-12-15-11-16-19/h11-14,20H,1-10H2/t13-,14-/m0/s1. The van der Waals surface area contributed by atoms with E-state index >= 15 is 0 Å². The van der Waals surface area contributed by atoms with Gasteiger partial charge in [0.15, 0.2) is 0 Å². The lowest BCUT2D eigenvalue weighted by molar-refractivity contribution is 0.00531. The number of rotatable bonds is 6. The molecular weight excluding hydrogens is 270 g/mol. The van der Waals surface area contributed by atoms with Gasteiger partial charge in [0, 0.05) is 32.2 Å². The van der Waals surface area contributed by atoms with Gasteiger partial charge in [-0.2, -0.15) is 5.10 Å². The molecule has 0 amide bonds. The van der Waals surface area contributed by atoms with Crippen molar-refractivity contribution in [3.63, 3.8) is 0 Å². The monoisotopic (exact) mass is 295 g/mol. The van der Waals surface area contributed by atoms with Crippen LogP contribution in [0.25, 0.3) is 0 Å². The molecule has 2 atom stereocenters. The smallest absolute Gasteiger partial charge is 0.137 e. The quantitative estimate of drug-likeness (QED) is 0.758. The molecule has 0 bridgehead atoms. The maximum absolute atomic E-state index is 10.3. The van der Waals surface area contributed by atoms with Crippen LogP contribution in [0.5, 0.6) is 0 Å². The number of likely N-dealkylation sites (tertiary alicyclic amines) is 1. The minimum absolute atomic E-state index is 0.292. The highest BCUT2D eigenvalue weighted by atomic mass is 16.5. The first-order valence-corrected chi connectivity index (χ1v) is 7.86. The van der Waals surface area contributed by atoms with Gasteiger partial charge in [0.25, 0.3) is 0 Å². The second kappa shape index (κ2) is 7.31. The number of aromatic nitrogens is 3. The van der Waals surface area contributed by atoms with Gasteiger partial charge < -0.3 is 9.84 Å². The van der Waals surface area contributed by atoms with Crippen molar-refractivity contribution < 1.29 is 9.84 Å². The predicted octanol–water partition coefficient (Wildman–Crippen LogP) is -0.564. The van der Waals surface area contributed by atoms with E-state index in [1.54, 1.807) is 12.7 Å². The highest BCUT2D eigenvalue weighted by Crippen LogP contribution is 2.19. The molecule has 2 aliphatic heterocycles. The van der Waals surface area contributed by atoms with E-state index < -0.39 is 0 Å². The summed E-state index contributed by atoms with van der Waals surface area (Å²) in [5.74, 6) is 0. The molecule has 1 aromatic rings. The van der Waals surface area contributed by atoms with Crippen molar-refractivity contribution in [1.82, 2.24) is 24.6 Å². The lowest BCUT2D eigenvalue weighted by Gasteiger charge is -2.31. The second-order valence-electron chi connectivity index (χ2n) is 5.98. The van der Waals surface area contributed by atoms with Crippen molar-refractivity contribution in [2.45, 2.75) is 31.5 Å². The Kier molecular flexibility index (Phi) is 5.18. The highest BCUT2D eigenvalue weighted by molar-refractivity contribution is 4.82. The first kappa shape index (κ1) is 14.9. The van der Waals surface area contributed by atoms with Crippen molar-refractivity contribution in [1.29, 1.82) is 0 Å². The summed E-state index contributed by atoms with van der Waals surface area (Å²) in [6, 6.07) is 0.464. The molecule has 0 aliphatic carbocycles. The van der Waals surface area contributed by atoms with Gasteiger partial charge in [-0.3, -0.25) is 14.5 Å². The maximum atomic E-state index is 10.3. The Hall–Kier alpha value is -1.02. The van der Waals surface area contributed by atoms with Gasteiger partial charge >= 0.3 is 0 Å². The van der Waals surface area contributed by atoms with Crippen LogP contribution in [-0.2, 0) is 11.3 Å². The maximum Gasteiger partial charge on any atom is 0.137 e. The molecule has 0 spiro atoms. The highest BCUT2D eigenvalue weighted by Gasteiger charge is 2.27. The van der Waals surface area contributed by atoms with Gasteiger partial charge in [0.1, 0.15) is 12.7 Å². The number of aliphatic hydroxyl groups is 1. The minimum atomic E-state index is -0.292. The molecule has 2 aliphatic rings. The third-order valence-electron chi connectivity index (χ3n) is 4.38. The van der Waals surface area contributed by atoms with E-state index in [1.165, 1.54) is 12.8 Å². The van der Waals surface area contributed by atoms with Crippen LogP contribution in [0.2, 0.25) is 0 Å². The number of hydrogen-bond acceptors (Lipinski definition) is 6. The lowest BCUT2D eigenvalue weighted by Crippen LogP contribution is -2.46. The molecule has 0 unspecified atom stereocenters. The minimum Gasteiger partial charge on any atom is -0.390 e. The summed E-state index contributed by atoms with van der Waals surface area (Å²) in [4.78, 5) is 8.68.